The van der Waals surface area contributed by atoms with Gasteiger partial charge in [-0.2, -0.15) is 5.26 Å². The average molecular weight is 298 g/mol. The van der Waals surface area contributed by atoms with E-state index in [0.717, 1.165) is 21.2 Å². The van der Waals surface area contributed by atoms with E-state index < -0.39 is 0 Å². The molecule has 86 valence electrons. The third-order valence-electron chi connectivity index (χ3n) is 2.76. The molecule has 0 unspecified atom stereocenters. The van der Waals surface area contributed by atoms with Crippen LogP contribution >= 0.6 is 15.9 Å². The van der Waals surface area contributed by atoms with Crippen molar-refractivity contribution in [3.63, 3.8) is 0 Å². The maximum absolute atomic E-state index is 8.87. The van der Waals surface area contributed by atoms with Crippen molar-refractivity contribution in [3.05, 3.63) is 58.8 Å². The summed E-state index contributed by atoms with van der Waals surface area (Å²) in [6.45, 7) is 0. The van der Waals surface area contributed by atoms with Crippen molar-refractivity contribution in [1.82, 2.24) is 9.55 Å². The molecule has 0 N–H and O–H groups in total. The van der Waals surface area contributed by atoms with Crippen molar-refractivity contribution < 1.29 is 0 Å². The molecule has 1 heterocycles. The summed E-state index contributed by atoms with van der Waals surface area (Å²) in [6, 6.07) is 15.6. The van der Waals surface area contributed by atoms with E-state index in [1.165, 1.54) is 0 Å². The third kappa shape index (κ3) is 1.79. The molecule has 0 saturated carbocycles. The zero-order valence-corrected chi connectivity index (χ0v) is 10.9. The van der Waals surface area contributed by atoms with Gasteiger partial charge in [-0.25, -0.2) is 4.98 Å². The summed E-state index contributed by atoms with van der Waals surface area (Å²) in [7, 11) is 0. The zero-order valence-electron chi connectivity index (χ0n) is 9.34. The van der Waals surface area contributed by atoms with E-state index in [1.807, 2.05) is 34.9 Å². The van der Waals surface area contributed by atoms with Gasteiger partial charge < -0.3 is 0 Å². The predicted molar refractivity (Wildman–Crippen MR) is 73.5 cm³/mol. The highest BCUT2D eigenvalue weighted by atomic mass is 79.9. The van der Waals surface area contributed by atoms with Crippen LogP contribution in [0.1, 0.15) is 5.56 Å². The fourth-order valence-corrected chi connectivity index (χ4v) is 2.30. The minimum Gasteiger partial charge on any atom is -0.299 e. The van der Waals surface area contributed by atoms with Gasteiger partial charge in [-0.15, -0.1) is 0 Å². The smallest absolute Gasteiger partial charge is 0.100 e. The van der Waals surface area contributed by atoms with Gasteiger partial charge in [0.1, 0.15) is 6.33 Å². The fourth-order valence-electron chi connectivity index (χ4n) is 1.91. The van der Waals surface area contributed by atoms with Gasteiger partial charge in [-0.3, -0.25) is 4.57 Å². The van der Waals surface area contributed by atoms with E-state index >= 15 is 0 Å². The lowest BCUT2D eigenvalue weighted by Gasteiger charge is -2.04. The number of nitriles is 1. The molecular weight excluding hydrogens is 290 g/mol. The Labute approximate surface area is 112 Å². The Kier molecular flexibility index (Phi) is 2.62. The molecule has 3 aromatic rings. The summed E-state index contributed by atoms with van der Waals surface area (Å²) in [4.78, 5) is 4.33. The first kappa shape index (κ1) is 11.0. The Hall–Kier alpha value is -2.12. The maximum Gasteiger partial charge on any atom is 0.100 e. The molecule has 2 aromatic carbocycles. The molecule has 0 aliphatic rings. The molecule has 1 aromatic heterocycles. The first-order valence-corrected chi connectivity index (χ1v) is 6.20. The molecule has 18 heavy (non-hydrogen) atoms. The van der Waals surface area contributed by atoms with Crippen LogP contribution in [0.15, 0.2) is 53.3 Å². The predicted octanol–water partition coefficient (Wildman–Crippen LogP) is 3.66. The van der Waals surface area contributed by atoms with Crippen molar-refractivity contribution >= 4 is 27.0 Å². The van der Waals surface area contributed by atoms with Crippen LogP contribution in [0.3, 0.4) is 0 Å². The SMILES string of the molecule is N#Cc1ccc2c(c1)ncn2-c1cccc(Br)c1. The molecule has 3 nitrogen and oxygen atoms in total. The highest BCUT2D eigenvalue weighted by Crippen LogP contribution is 2.21. The Morgan fingerprint density at radius 2 is 2.06 bits per heavy atom. The number of imidazole rings is 1. The zero-order chi connectivity index (χ0) is 12.5. The van der Waals surface area contributed by atoms with E-state index in [1.54, 1.807) is 18.5 Å². The standard InChI is InChI=1S/C14H8BrN3/c15-11-2-1-3-12(7-11)18-9-17-13-6-10(8-16)4-5-14(13)18/h1-7,9H. The number of aromatic nitrogens is 2. The molecular formula is C14H8BrN3. The van der Waals surface area contributed by atoms with Gasteiger partial charge >= 0.3 is 0 Å². The minimum atomic E-state index is 0.627. The minimum absolute atomic E-state index is 0.627. The van der Waals surface area contributed by atoms with Crippen LogP contribution in [0.4, 0.5) is 0 Å². The van der Waals surface area contributed by atoms with Crippen LogP contribution < -0.4 is 0 Å². The lowest BCUT2D eigenvalue weighted by Crippen LogP contribution is -1.91. The number of hydrogen-bond donors (Lipinski definition) is 0. The molecule has 0 aliphatic carbocycles. The van der Waals surface area contributed by atoms with Crippen molar-refractivity contribution in [2.45, 2.75) is 0 Å². The summed E-state index contributed by atoms with van der Waals surface area (Å²) in [5.74, 6) is 0. The van der Waals surface area contributed by atoms with Crippen LogP contribution in [0.25, 0.3) is 16.7 Å². The monoisotopic (exact) mass is 297 g/mol. The highest BCUT2D eigenvalue weighted by molar-refractivity contribution is 9.10. The van der Waals surface area contributed by atoms with E-state index in [2.05, 4.69) is 27.0 Å². The Balaban J connectivity index is 2.22. The lowest BCUT2D eigenvalue weighted by atomic mass is 10.2. The number of hydrogen-bond acceptors (Lipinski definition) is 2. The van der Waals surface area contributed by atoms with Crippen LogP contribution in [0.2, 0.25) is 0 Å². The summed E-state index contributed by atoms with van der Waals surface area (Å²) < 4.78 is 3.02. The number of halogens is 1. The quantitative estimate of drug-likeness (QED) is 0.688. The second kappa shape index (κ2) is 4.28. The Bertz CT molecular complexity index is 768. The summed E-state index contributed by atoms with van der Waals surface area (Å²) in [5.41, 5.74) is 3.49. The van der Waals surface area contributed by atoms with Gasteiger partial charge in [0.15, 0.2) is 0 Å². The molecule has 0 saturated heterocycles. The van der Waals surface area contributed by atoms with E-state index in [4.69, 9.17) is 5.26 Å². The highest BCUT2D eigenvalue weighted by Gasteiger charge is 2.05. The molecule has 0 amide bonds. The van der Waals surface area contributed by atoms with Gasteiger partial charge in [0, 0.05) is 10.2 Å². The third-order valence-corrected chi connectivity index (χ3v) is 3.26. The average Bonchev–Trinajstić information content (AvgIpc) is 2.81. The van der Waals surface area contributed by atoms with Crippen molar-refractivity contribution in [1.29, 1.82) is 5.26 Å². The fraction of sp³-hybridized carbons (Fsp3) is 0. The van der Waals surface area contributed by atoms with E-state index in [-0.39, 0.29) is 0 Å². The molecule has 0 spiro atoms. The molecule has 3 rings (SSSR count). The van der Waals surface area contributed by atoms with Gasteiger partial charge in [0.2, 0.25) is 0 Å². The summed E-state index contributed by atoms with van der Waals surface area (Å²) >= 11 is 3.46. The summed E-state index contributed by atoms with van der Waals surface area (Å²) in [6.07, 6.45) is 1.77. The lowest BCUT2D eigenvalue weighted by molar-refractivity contribution is 1.09. The molecule has 0 atom stereocenters. The van der Waals surface area contributed by atoms with Gasteiger partial charge in [-0.05, 0) is 36.4 Å². The molecule has 0 fully saturated rings. The van der Waals surface area contributed by atoms with Gasteiger partial charge in [0.05, 0.1) is 22.7 Å². The van der Waals surface area contributed by atoms with E-state index in [0.29, 0.717) is 5.56 Å². The van der Waals surface area contributed by atoms with Crippen LogP contribution in [-0.2, 0) is 0 Å². The molecule has 0 aliphatic heterocycles. The second-order valence-electron chi connectivity index (χ2n) is 3.91. The van der Waals surface area contributed by atoms with Gasteiger partial charge in [0.25, 0.3) is 0 Å². The van der Waals surface area contributed by atoms with Crippen molar-refractivity contribution in [3.8, 4) is 11.8 Å². The van der Waals surface area contributed by atoms with Crippen molar-refractivity contribution in [2.24, 2.45) is 0 Å². The van der Waals surface area contributed by atoms with Crippen LogP contribution in [0, 0.1) is 11.3 Å². The normalized spacial score (nSPS) is 10.4. The Morgan fingerprint density at radius 1 is 1.17 bits per heavy atom. The van der Waals surface area contributed by atoms with Crippen LogP contribution in [0.5, 0.6) is 0 Å². The number of fused-ring (bicyclic) bond motifs is 1. The Morgan fingerprint density at radius 3 is 2.83 bits per heavy atom. The summed E-state index contributed by atoms with van der Waals surface area (Å²) in [5, 5.41) is 8.87. The largest absolute Gasteiger partial charge is 0.299 e. The molecule has 0 bridgehead atoms. The molecule has 4 heteroatoms. The number of nitrogens with zero attached hydrogens (tertiary/aromatic N) is 3. The van der Waals surface area contributed by atoms with Gasteiger partial charge in [-0.1, -0.05) is 22.0 Å². The van der Waals surface area contributed by atoms with Crippen LogP contribution in [-0.4, -0.2) is 9.55 Å². The van der Waals surface area contributed by atoms with Crippen molar-refractivity contribution in [2.75, 3.05) is 0 Å². The maximum atomic E-state index is 8.87. The first-order chi connectivity index (χ1) is 8.78. The van der Waals surface area contributed by atoms with E-state index in [9.17, 15) is 0 Å². The number of benzene rings is 2. The first-order valence-electron chi connectivity index (χ1n) is 5.41. The second-order valence-corrected chi connectivity index (χ2v) is 4.83. The number of rotatable bonds is 1. The topological polar surface area (TPSA) is 41.6 Å². The molecule has 0 radical (unpaired) electrons.